The summed E-state index contributed by atoms with van der Waals surface area (Å²) in [5.41, 5.74) is 10.2. The van der Waals surface area contributed by atoms with Gasteiger partial charge in [0.05, 0.1) is 109 Å². The molecule has 0 aromatic heterocycles. The molecule has 0 saturated carbocycles. The maximum Gasteiger partial charge on any atom is 0.306 e. The molecule has 2 heterocycles. The third-order valence-electron chi connectivity index (χ3n) is 13.8. The zero-order valence-corrected chi connectivity index (χ0v) is 39.8. The van der Waals surface area contributed by atoms with E-state index in [1.54, 1.807) is 42.7 Å². The van der Waals surface area contributed by atoms with Gasteiger partial charge in [0.15, 0.2) is 34.5 Å². The number of fused-ring (bicyclic) bond motifs is 2. The van der Waals surface area contributed by atoms with Crippen molar-refractivity contribution in [2.75, 3.05) is 96.1 Å². The number of rotatable bonds is 21. The minimum atomic E-state index is -0.393. The number of hydrogen-bond acceptors (Lipinski definition) is 10. The Morgan fingerprint density at radius 1 is 0.516 bits per heavy atom. The molecule has 0 saturated heterocycles. The molecule has 0 aliphatic carbocycles. The van der Waals surface area contributed by atoms with Crippen LogP contribution in [0.1, 0.15) is 82.3 Å². The second-order valence-corrected chi connectivity index (χ2v) is 17.9. The van der Waals surface area contributed by atoms with Gasteiger partial charge in [-0.05, 0) is 89.7 Å². The highest BCUT2D eigenvalue weighted by Crippen LogP contribution is 2.44. The lowest BCUT2D eigenvalue weighted by Gasteiger charge is -2.46. The summed E-state index contributed by atoms with van der Waals surface area (Å²) < 4.78 is 46.6. The topological polar surface area (TPSA) is 108 Å². The Bertz CT molecular complexity index is 2260. The SMILES string of the molecule is COc1ccc(CC2c3cc(C)c(C)cc3CC[N+]2(C)CCCOC(=O)CCC(=O)OCCC[N+]2(C)CCc3cc(OC)c(OC)cc3C2Cc2ccc(OC)c(OC)c2)cc1OC. The molecule has 4 unspecified atom stereocenters. The van der Waals surface area contributed by atoms with Crippen LogP contribution in [0.25, 0.3) is 0 Å². The average molecular weight is 883 g/mol. The van der Waals surface area contributed by atoms with E-state index in [-0.39, 0.29) is 37.5 Å². The lowest BCUT2D eigenvalue weighted by Crippen LogP contribution is -2.52. The van der Waals surface area contributed by atoms with Crippen molar-refractivity contribution in [1.82, 2.24) is 0 Å². The molecule has 0 amide bonds. The zero-order chi connectivity index (χ0) is 46.0. The number of nitrogens with zero attached hydrogens (tertiary/aromatic N) is 2. The Hall–Kier alpha value is -5.46. The van der Waals surface area contributed by atoms with Gasteiger partial charge in [-0.15, -0.1) is 0 Å². The summed E-state index contributed by atoms with van der Waals surface area (Å²) in [7, 11) is 14.5. The number of hydrogen-bond donors (Lipinski definition) is 0. The molecule has 12 heteroatoms. The molecule has 0 fully saturated rings. The van der Waals surface area contributed by atoms with E-state index in [2.05, 4.69) is 70.4 Å². The number of likely N-dealkylation sites (N-methyl/N-ethyl adjacent to an activating group) is 2. The fraction of sp³-hybridized carbons (Fsp3) is 0.500. The molecule has 12 nitrogen and oxygen atoms in total. The molecule has 346 valence electrons. The Labute approximate surface area is 380 Å². The second-order valence-electron chi connectivity index (χ2n) is 17.9. The average Bonchev–Trinajstić information content (AvgIpc) is 3.30. The molecule has 0 spiro atoms. The van der Waals surface area contributed by atoms with Crippen LogP contribution in [0, 0.1) is 13.8 Å². The molecule has 0 N–H and O–H groups in total. The van der Waals surface area contributed by atoms with Gasteiger partial charge in [-0.2, -0.15) is 0 Å². The standard InChI is InChI=1S/C52H70N2O10/c1-35-27-39-19-23-53(3,43(41(39)28-36(35)2)29-37-13-15-45(57-5)47(31-37)59-7)21-11-25-63-51(55)17-18-52(56)64-26-12-22-54(4)24-20-40-33-49(61-9)50(62-10)34-42(40)44(54)30-38-14-16-46(58-6)48(32-38)60-8/h13-16,27-28,31-34,43-44H,11-12,17-26,29-30H2,1-10H3/q+2. The molecule has 64 heavy (non-hydrogen) atoms. The van der Waals surface area contributed by atoms with Crippen LogP contribution in [-0.2, 0) is 44.7 Å². The number of aryl methyl sites for hydroxylation is 2. The van der Waals surface area contributed by atoms with Gasteiger partial charge < -0.3 is 46.9 Å². The van der Waals surface area contributed by atoms with Crippen molar-refractivity contribution in [3.05, 3.63) is 105 Å². The van der Waals surface area contributed by atoms with E-state index < -0.39 is 5.97 Å². The molecule has 2 aliphatic rings. The first-order valence-corrected chi connectivity index (χ1v) is 22.5. The highest BCUT2D eigenvalue weighted by atomic mass is 16.5. The van der Waals surface area contributed by atoms with Gasteiger partial charge >= 0.3 is 11.9 Å². The van der Waals surface area contributed by atoms with Gasteiger partial charge in [0.2, 0.25) is 0 Å². The smallest absolute Gasteiger partial charge is 0.306 e. The van der Waals surface area contributed by atoms with E-state index in [0.717, 1.165) is 77.9 Å². The number of esters is 2. The summed E-state index contributed by atoms with van der Waals surface area (Å²) >= 11 is 0. The predicted octanol–water partition coefficient (Wildman–Crippen LogP) is 8.28. The quantitative estimate of drug-likeness (QED) is 0.0461. The fourth-order valence-electron chi connectivity index (χ4n) is 9.85. The fourth-order valence-corrected chi connectivity index (χ4v) is 9.85. The van der Waals surface area contributed by atoms with Crippen molar-refractivity contribution in [2.24, 2.45) is 0 Å². The Morgan fingerprint density at radius 3 is 1.36 bits per heavy atom. The third kappa shape index (κ3) is 11.1. The van der Waals surface area contributed by atoms with Crippen LogP contribution in [0.3, 0.4) is 0 Å². The predicted molar refractivity (Wildman–Crippen MR) is 247 cm³/mol. The van der Waals surface area contributed by atoms with Gasteiger partial charge in [0.25, 0.3) is 0 Å². The minimum absolute atomic E-state index is 0.0118. The summed E-state index contributed by atoms with van der Waals surface area (Å²) in [6.07, 6.45) is 4.82. The van der Waals surface area contributed by atoms with Gasteiger partial charge in [0, 0.05) is 49.7 Å². The second kappa shape index (κ2) is 21.5. The number of benzene rings is 4. The Morgan fingerprint density at radius 2 is 0.906 bits per heavy atom. The van der Waals surface area contributed by atoms with Crippen LogP contribution in [0.15, 0.2) is 60.7 Å². The Balaban J connectivity index is 1.00. The molecule has 4 aromatic rings. The maximum atomic E-state index is 12.9. The van der Waals surface area contributed by atoms with E-state index in [1.807, 2.05) is 18.2 Å². The first-order valence-electron chi connectivity index (χ1n) is 22.5. The first kappa shape index (κ1) is 48.0. The normalized spacial score (nSPS) is 20.0. The van der Waals surface area contributed by atoms with Crippen molar-refractivity contribution in [1.29, 1.82) is 0 Å². The molecule has 2 aliphatic heterocycles. The zero-order valence-electron chi connectivity index (χ0n) is 39.8. The monoisotopic (exact) mass is 883 g/mol. The summed E-state index contributed by atoms with van der Waals surface area (Å²) in [4.78, 5) is 25.7. The largest absolute Gasteiger partial charge is 0.493 e. The van der Waals surface area contributed by atoms with Crippen LogP contribution < -0.4 is 28.4 Å². The summed E-state index contributed by atoms with van der Waals surface area (Å²) in [6, 6.07) is 21.5. The van der Waals surface area contributed by atoms with E-state index in [9.17, 15) is 9.59 Å². The third-order valence-corrected chi connectivity index (χ3v) is 13.8. The van der Waals surface area contributed by atoms with E-state index in [1.165, 1.54) is 38.9 Å². The number of ether oxygens (including phenoxy) is 8. The first-order chi connectivity index (χ1) is 30.8. The van der Waals surface area contributed by atoms with Crippen molar-refractivity contribution < 1.29 is 56.5 Å². The van der Waals surface area contributed by atoms with Crippen molar-refractivity contribution in [3.63, 3.8) is 0 Å². The molecular weight excluding hydrogens is 813 g/mol. The number of carbonyl (C=O) groups excluding carboxylic acids is 2. The van der Waals surface area contributed by atoms with Crippen molar-refractivity contribution in [2.45, 2.75) is 77.3 Å². The highest BCUT2D eigenvalue weighted by molar-refractivity contribution is 5.77. The summed E-state index contributed by atoms with van der Waals surface area (Å²) in [5.74, 6) is 3.46. The Kier molecular flexibility index (Phi) is 16.1. The van der Waals surface area contributed by atoms with Crippen molar-refractivity contribution >= 4 is 11.9 Å². The highest BCUT2D eigenvalue weighted by Gasteiger charge is 2.41. The van der Waals surface area contributed by atoms with Gasteiger partial charge in [-0.3, -0.25) is 9.59 Å². The van der Waals surface area contributed by atoms with Crippen molar-refractivity contribution in [3.8, 4) is 34.5 Å². The molecular formula is C52H70N2O10+2. The lowest BCUT2D eigenvalue weighted by atomic mass is 9.84. The molecule has 0 radical (unpaired) electrons. The summed E-state index contributed by atoms with van der Waals surface area (Å²) in [6.45, 7) is 8.47. The van der Waals surface area contributed by atoms with Crippen LogP contribution in [0.5, 0.6) is 34.5 Å². The van der Waals surface area contributed by atoms with E-state index >= 15 is 0 Å². The molecule has 6 rings (SSSR count). The molecule has 4 aromatic carbocycles. The number of methoxy groups -OCH3 is 6. The van der Waals surface area contributed by atoms with Gasteiger partial charge in [0.1, 0.15) is 12.1 Å². The van der Waals surface area contributed by atoms with Gasteiger partial charge in [-0.25, -0.2) is 0 Å². The molecule has 4 atom stereocenters. The minimum Gasteiger partial charge on any atom is -0.493 e. The van der Waals surface area contributed by atoms with Gasteiger partial charge in [-0.1, -0.05) is 18.2 Å². The summed E-state index contributed by atoms with van der Waals surface area (Å²) in [5, 5.41) is 0. The number of quaternary nitrogens is 2. The van der Waals surface area contributed by atoms with Crippen LogP contribution in [0.4, 0.5) is 0 Å². The van der Waals surface area contributed by atoms with Crippen LogP contribution in [-0.4, -0.2) is 117 Å². The van der Waals surface area contributed by atoms with E-state index in [0.29, 0.717) is 42.4 Å². The van der Waals surface area contributed by atoms with E-state index in [4.69, 9.17) is 37.9 Å². The maximum absolute atomic E-state index is 12.9. The lowest BCUT2D eigenvalue weighted by molar-refractivity contribution is -0.941. The molecule has 0 bridgehead atoms. The number of carbonyl (C=O) groups is 2. The van der Waals surface area contributed by atoms with Crippen LogP contribution in [0.2, 0.25) is 0 Å². The van der Waals surface area contributed by atoms with Crippen LogP contribution >= 0.6 is 0 Å².